The van der Waals surface area contributed by atoms with Gasteiger partial charge in [-0.15, -0.1) is 0 Å². The summed E-state index contributed by atoms with van der Waals surface area (Å²) in [5.74, 6) is -0.157. The highest BCUT2D eigenvalue weighted by atomic mass is 16.1. The van der Waals surface area contributed by atoms with Gasteiger partial charge < -0.3 is 16.0 Å². The number of para-hydroxylation sites is 1. The van der Waals surface area contributed by atoms with Crippen molar-refractivity contribution >= 4 is 16.8 Å². The van der Waals surface area contributed by atoms with Crippen LogP contribution in [0.3, 0.4) is 0 Å². The third-order valence-corrected chi connectivity index (χ3v) is 4.51. The van der Waals surface area contributed by atoms with Crippen LogP contribution in [0.2, 0.25) is 0 Å². The molecular weight excluding hydrogens is 326 g/mol. The number of aromatic amines is 2. The number of rotatable bonds is 5. The van der Waals surface area contributed by atoms with Gasteiger partial charge in [0.25, 0.3) is 5.91 Å². The predicted molar refractivity (Wildman–Crippen MR) is 102 cm³/mol. The van der Waals surface area contributed by atoms with Crippen molar-refractivity contribution in [3.05, 3.63) is 78.2 Å². The molecule has 2 aromatic carbocycles. The quantitative estimate of drug-likeness (QED) is 0.447. The first-order valence-corrected chi connectivity index (χ1v) is 8.43. The zero-order valence-electron chi connectivity index (χ0n) is 14.1. The zero-order valence-corrected chi connectivity index (χ0v) is 14.1. The molecule has 0 aliphatic heterocycles. The number of amides is 1. The number of benzene rings is 2. The number of nitrogens with one attached hydrogen (secondary N) is 3. The highest BCUT2D eigenvalue weighted by Gasteiger charge is 2.18. The summed E-state index contributed by atoms with van der Waals surface area (Å²) in [4.78, 5) is 16.1. The molecule has 0 bridgehead atoms. The van der Waals surface area contributed by atoms with E-state index in [9.17, 15) is 4.79 Å². The molecule has 4 rings (SSSR count). The standard InChI is InChI=1S/C20H19N5O/c21-9-18(13-5-2-1-3-6-13)25-20(26)16-8-4-7-15-17(12-22-19(15)16)14-10-23-24-11-14/h1-8,10-12,18,22H,9,21H2,(H,23,24)(H,25,26)/t18-/m0/s1. The number of nitrogens with zero attached hydrogens (tertiary/aromatic N) is 1. The fourth-order valence-electron chi connectivity index (χ4n) is 3.18. The van der Waals surface area contributed by atoms with Gasteiger partial charge in [0.15, 0.2) is 0 Å². The minimum atomic E-state index is -0.234. The second-order valence-electron chi connectivity index (χ2n) is 6.09. The Balaban J connectivity index is 1.67. The highest BCUT2D eigenvalue weighted by molar-refractivity contribution is 6.09. The number of H-pyrrole nitrogens is 2. The molecule has 0 spiro atoms. The first kappa shape index (κ1) is 16.1. The fraction of sp³-hybridized carbons (Fsp3) is 0.100. The Kier molecular flexibility index (Phi) is 4.25. The molecule has 0 fully saturated rings. The summed E-state index contributed by atoms with van der Waals surface area (Å²) in [7, 11) is 0. The number of aromatic nitrogens is 3. The molecule has 4 aromatic rings. The van der Waals surface area contributed by atoms with Gasteiger partial charge in [-0.1, -0.05) is 42.5 Å². The topological polar surface area (TPSA) is 99.6 Å². The van der Waals surface area contributed by atoms with Crippen molar-refractivity contribution in [2.24, 2.45) is 5.73 Å². The van der Waals surface area contributed by atoms with Gasteiger partial charge in [-0.3, -0.25) is 9.89 Å². The van der Waals surface area contributed by atoms with Crippen LogP contribution in [0.5, 0.6) is 0 Å². The van der Waals surface area contributed by atoms with Crippen LogP contribution < -0.4 is 11.1 Å². The lowest BCUT2D eigenvalue weighted by atomic mass is 10.0. The van der Waals surface area contributed by atoms with Gasteiger partial charge in [-0.25, -0.2) is 0 Å². The summed E-state index contributed by atoms with van der Waals surface area (Å²) in [6.07, 6.45) is 5.48. The largest absolute Gasteiger partial charge is 0.360 e. The highest BCUT2D eigenvalue weighted by Crippen LogP contribution is 2.29. The van der Waals surface area contributed by atoms with Gasteiger partial charge >= 0.3 is 0 Å². The summed E-state index contributed by atoms with van der Waals surface area (Å²) in [5.41, 5.74) is 10.2. The van der Waals surface area contributed by atoms with Gasteiger partial charge in [-0.2, -0.15) is 5.10 Å². The average molecular weight is 345 g/mol. The van der Waals surface area contributed by atoms with Crippen LogP contribution >= 0.6 is 0 Å². The van der Waals surface area contributed by atoms with Gasteiger partial charge in [0, 0.05) is 35.5 Å². The van der Waals surface area contributed by atoms with Crippen molar-refractivity contribution in [2.45, 2.75) is 6.04 Å². The molecule has 0 radical (unpaired) electrons. The average Bonchev–Trinajstić information content (AvgIpc) is 3.35. The third-order valence-electron chi connectivity index (χ3n) is 4.51. The molecule has 2 heterocycles. The molecular formula is C20H19N5O. The van der Waals surface area contributed by atoms with Crippen molar-refractivity contribution in [3.63, 3.8) is 0 Å². The van der Waals surface area contributed by atoms with Crippen molar-refractivity contribution in [2.75, 3.05) is 6.54 Å². The van der Waals surface area contributed by atoms with Gasteiger partial charge in [0.05, 0.1) is 23.3 Å². The maximum Gasteiger partial charge on any atom is 0.253 e. The Labute approximate surface area is 150 Å². The van der Waals surface area contributed by atoms with E-state index in [2.05, 4.69) is 20.5 Å². The van der Waals surface area contributed by atoms with Crippen LogP contribution in [0.1, 0.15) is 22.0 Å². The Morgan fingerprint density at radius 1 is 1.12 bits per heavy atom. The second-order valence-corrected chi connectivity index (χ2v) is 6.09. The van der Waals surface area contributed by atoms with Crippen LogP contribution in [-0.2, 0) is 0 Å². The molecule has 0 unspecified atom stereocenters. The number of nitrogens with two attached hydrogens (primary N) is 1. The van der Waals surface area contributed by atoms with E-state index in [0.717, 1.165) is 27.6 Å². The Morgan fingerprint density at radius 3 is 2.69 bits per heavy atom. The summed E-state index contributed by atoms with van der Waals surface area (Å²) < 4.78 is 0. The number of carbonyl (C=O) groups excluding carboxylic acids is 1. The molecule has 0 saturated carbocycles. The molecule has 6 nitrogen and oxygen atoms in total. The predicted octanol–water partition coefficient (Wildman–Crippen LogP) is 2.99. The molecule has 6 heteroatoms. The molecule has 0 saturated heterocycles. The molecule has 2 aromatic heterocycles. The van der Waals surface area contributed by atoms with E-state index in [-0.39, 0.29) is 11.9 Å². The maximum absolute atomic E-state index is 12.9. The normalized spacial score (nSPS) is 12.2. The van der Waals surface area contributed by atoms with Crippen molar-refractivity contribution in [1.82, 2.24) is 20.5 Å². The van der Waals surface area contributed by atoms with Crippen molar-refractivity contribution < 1.29 is 4.79 Å². The second kappa shape index (κ2) is 6.85. The summed E-state index contributed by atoms with van der Waals surface area (Å²) in [5, 5.41) is 10.8. The van der Waals surface area contributed by atoms with Crippen LogP contribution in [0, 0.1) is 0 Å². The van der Waals surface area contributed by atoms with Crippen LogP contribution in [0.4, 0.5) is 0 Å². The molecule has 1 amide bonds. The van der Waals surface area contributed by atoms with E-state index in [1.807, 2.05) is 60.9 Å². The maximum atomic E-state index is 12.9. The van der Waals surface area contributed by atoms with Crippen molar-refractivity contribution in [1.29, 1.82) is 0 Å². The molecule has 130 valence electrons. The lowest BCUT2D eigenvalue weighted by Gasteiger charge is -2.17. The lowest BCUT2D eigenvalue weighted by molar-refractivity contribution is 0.0939. The zero-order chi connectivity index (χ0) is 17.9. The van der Waals surface area contributed by atoms with E-state index in [1.54, 1.807) is 6.20 Å². The van der Waals surface area contributed by atoms with Crippen LogP contribution in [0.25, 0.3) is 22.0 Å². The Morgan fingerprint density at radius 2 is 1.96 bits per heavy atom. The smallest absolute Gasteiger partial charge is 0.253 e. The van der Waals surface area contributed by atoms with Gasteiger partial charge in [0.1, 0.15) is 0 Å². The summed E-state index contributed by atoms with van der Waals surface area (Å²) in [6, 6.07) is 15.2. The number of hydrogen-bond donors (Lipinski definition) is 4. The monoisotopic (exact) mass is 345 g/mol. The minimum absolute atomic E-state index is 0.157. The summed E-state index contributed by atoms with van der Waals surface area (Å²) >= 11 is 0. The fourth-order valence-corrected chi connectivity index (χ4v) is 3.18. The molecule has 1 atom stereocenters. The number of carbonyl (C=O) groups is 1. The Hall–Kier alpha value is -3.38. The van der Waals surface area contributed by atoms with Crippen LogP contribution in [-0.4, -0.2) is 27.6 Å². The SMILES string of the molecule is NC[C@H](NC(=O)c1cccc2c(-c3cn[nH]c3)c[nH]c12)c1ccccc1. The third kappa shape index (κ3) is 2.87. The van der Waals surface area contributed by atoms with Crippen molar-refractivity contribution in [3.8, 4) is 11.1 Å². The first-order chi connectivity index (χ1) is 12.8. The number of fused-ring (bicyclic) bond motifs is 1. The number of hydrogen-bond acceptors (Lipinski definition) is 3. The molecule has 26 heavy (non-hydrogen) atoms. The molecule has 5 N–H and O–H groups in total. The summed E-state index contributed by atoms with van der Waals surface area (Å²) in [6.45, 7) is 0.330. The van der Waals surface area contributed by atoms with E-state index >= 15 is 0 Å². The minimum Gasteiger partial charge on any atom is -0.360 e. The van der Waals surface area contributed by atoms with E-state index in [0.29, 0.717) is 12.1 Å². The van der Waals surface area contributed by atoms with Crippen LogP contribution in [0.15, 0.2) is 67.1 Å². The van der Waals surface area contributed by atoms with E-state index in [4.69, 9.17) is 5.73 Å². The van der Waals surface area contributed by atoms with Gasteiger partial charge in [0.2, 0.25) is 0 Å². The first-order valence-electron chi connectivity index (χ1n) is 8.43. The molecule has 0 aliphatic carbocycles. The molecule has 0 aliphatic rings. The van der Waals surface area contributed by atoms with Gasteiger partial charge in [-0.05, 0) is 11.6 Å². The van der Waals surface area contributed by atoms with E-state index < -0.39 is 0 Å². The Bertz CT molecular complexity index is 1020. The van der Waals surface area contributed by atoms with E-state index in [1.165, 1.54) is 0 Å². The lowest BCUT2D eigenvalue weighted by Crippen LogP contribution is -2.33.